The van der Waals surface area contributed by atoms with Crippen LogP contribution in [0.1, 0.15) is 12.0 Å². The number of hydrogen-bond donors (Lipinski definition) is 1. The van der Waals surface area contributed by atoms with Gasteiger partial charge in [-0.2, -0.15) is 0 Å². The Bertz CT molecular complexity index is 574. The Morgan fingerprint density at radius 3 is 2.80 bits per heavy atom. The van der Waals surface area contributed by atoms with Gasteiger partial charge in [-0.25, -0.2) is 0 Å². The van der Waals surface area contributed by atoms with Crippen molar-refractivity contribution >= 4 is 35.5 Å². The highest BCUT2D eigenvalue weighted by atomic mass is 35.5. The number of hydrogen-bond acceptors (Lipinski definition) is 3. The lowest BCUT2D eigenvalue weighted by Gasteiger charge is -2.24. The van der Waals surface area contributed by atoms with Crippen molar-refractivity contribution in [3.63, 3.8) is 0 Å². The standard InChI is InChI=1S/C16H18N2S.ClH/c17-14-6-3-5-13(11-14)12-18-9-4-10-19-16-8-2-1-7-15(16)18;/h1-3,5-8,11H,4,9-10,12,17H2;1H. The van der Waals surface area contributed by atoms with E-state index in [9.17, 15) is 0 Å². The monoisotopic (exact) mass is 306 g/mol. The maximum atomic E-state index is 5.87. The molecule has 2 nitrogen and oxygen atoms in total. The first kappa shape index (κ1) is 15.1. The van der Waals surface area contributed by atoms with Gasteiger partial charge in [0.05, 0.1) is 5.69 Å². The summed E-state index contributed by atoms with van der Waals surface area (Å²) in [7, 11) is 0. The Morgan fingerprint density at radius 1 is 1.10 bits per heavy atom. The maximum Gasteiger partial charge on any atom is 0.0507 e. The highest BCUT2D eigenvalue weighted by molar-refractivity contribution is 7.99. The van der Waals surface area contributed by atoms with E-state index < -0.39 is 0 Å². The first-order valence-electron chi connectivity index (χ1n) is 6.64. The molecule has 4 heteroatoms. The first-order chi connectivity index (χ1) is 9.33. The van der Waals surface area contributed by atoms with Crippen LogP contribution in [0.4, 0.5) is 11.4 Å². The Kier molecular flexibility index (Phi) is 5.21. The second-order valence-electron chi connectivity index (χ2n) is 4.84. The predicted molar refractivity (Wildman–Crippen MR) is 90.9 cm³/mol. The summed E-state index contributed by atoms with van der Waals surface area (Å²) in [6.07, 6.45) is 1.22. The van der Waals surface area contributed by atoms with Gasteiger partial charge in [0.2, 0.25) is 0 Å². The SMILES string of the molecule is Cl.Nc1cccc(CN2CCCSc3ccccc32)c1. The molecule has 20 heavy (non-hydrogen) atoms. The molecule has 0 atom stereocenters. The maximum absolute atomic E-state index is 5.87. The zero-order valence-corrected chi connectivity index (χ0v) is 12.9. The minimum atomic E-state index is 0. The minimum absolute atomic E-state index is 0. The third-order valence-electron chi connectivity index (χ3n) is 3.36. The molecule has 0 fully saturated rings. The molecule has 0 saturated carbocycles. The van der Waals surface area contributed by atoms with E-state index in [0.29, 0.717) is 0 Å². The number of nitrogens with two attached hydrogens (primary N) is 1. The van der Waals surface area contributed by atoms with Gasteiger partial charge < -0.3 is 10.6 Å². The van der Waals surface area contributed by atoms with E-state index in [2.05, 4.69) is 41.3 Å². The van der Waals surface area contributed by atoms with Gasteiger partial charge >= 0.3 is 0 Å². The number of benzene rings is 2. The third kappa shape index (κ3) is 3.41. The molecule has 2 aromatic carbocycles. The van der Waals surface area contributed by atoms with Gasteiger partial charge in [-0.1, -0.05) is 24.3 Å². The first-order valence-corrected chi connectivity index (χ1v) is 7.63. The number of thioether (sulfide) groups is 1. The largest absolute Gasteiger partial charge is 0.399 e. The number of fused-ring (bicyclic) bond motifs is 1. The van der Waals surface area contributed by atoms with Crippen molar-refractivity contribution in [2.75, 3.05) is 22.9 Å². The summed E-state index contributed by atoms with van der Waals surface area (Å²) in [6, 6.07) is 16.9. The summed E-state index contributed by atoms with van der Waals surface area (Å²) < 4.78 is 0. The minimum Gasteiger partial charge on any atom is -0.399 e. The van der Waals surface area contributed by atoms with Gasteiger partial charge in [-0.05, 0) is 42.0 Å². The summed E-state index contributed by atoms with van der Waals surface area (Å²) >= 11 is 1.96. The Morgan fingerprint density at radius 2 is 1.95 bits per heavy atom. The fourth-order valence-electron chi connectivity index (χ4n) is 2.47. The van der Waals surface area contributed by atoms with Crippen molar-refractivity contribution in [3.8, 4) is 0 Å². The van der Waals surface area contributed by atoms with Crippen LogP contribution in [0, 0.1) is 0 Å². The molecular weight excluding hydrogens is 288 g/mol. The van der Waals surface area contributed by atoms with Crippen LogP contribution in [0.25, 0.3) is 0 Å². The van der Waals surface area contributed by atoms with E-state index in [-0.39, 0.29) is 12.4 Å². The zero-order chi connectivity index (χ0) is 13.1. The molecule has 0 aromatic heterocycles. The summed E-state index contributed by atoms with van der Waals surface area (Å²) in [5.74, 6) is 1.20. The molecule has 2 aromatic rings. The Balaban J connectivity index is 0.00000147. The predicted octanol–water partition coefficient (Wildman–Crippen LogP) is 4.19. The summed E-state index contributed by atoms with van der Waals surface area (Å²) in [5, 5.41) is 0. The topological polar surface area (TPSA) is 29.3 Å². The molecule has 2 N–H and O–H groups in total. The van der Waals surface area contributed by atoms with Crippen LogP contribution in [-0.4, -0.2) is 12.3 Å². The van der Waals surface area contributed by atoms with Crippen LogP contribution in [-0.2, 0) is 6.54 Å². The fourth-order valence-corrected chi connectivity index (χ4v) is 3.49. The van der Waals surface area contributed by atoms with Gasteiger partial charge in [0.15, 0.2) is 0 Å². The second kappa shape index (κ2) is 6.91. The van der Waals surface area contributed by atoms with Crippen LogP contribution in [0.5, 0.6) is 0 Å². The van der Waals surface area contributed by atoms with E-state index in [0.717, 1.165) is 18.8 Å². The molecule has 1 aliphatic heterocycles. The summed E-state index contributed by atoms with van der Waals surface area (Å²) in [4.78, 5) is 3.85. The number of nitrogen functional groups attached to an aromatic ring is 1. The fraction of sp³-hybridized carbons (Fsp3) is 0.250. The van der Waals surface area contributed by atoms with Crippen LogP contribution in [0.2, 0.25) is 0 Å². The van der Waals surface area contributed by atoms with Gasteiger partial charge in [-0.3, -0.25) is 0 Å². The molecule has 3 rings (SSSR count). The van der Waals surface area contributed by atoms with E-state index in [4.69, 9.17) is 5.73 Å². The number of anilines is 2. The zero-order valence-electron chi connectivity index (χ0n) is 11.3. The average Bonchev–Trinajstić information content (AvgIpc) is 2.62. The van der Waals surface area contributed by atoms with E-state index >= 15 is 0 Å². The average molecular weight is 307 g/mol. The number of nitrogens with zero attached hydrogens (tertiary/aromatic N) is 1. The van der Waals surface area contributed by atoms with Crippen molar-refractivity contribution in [2.45, 2.75) is 17.9 Å². The third-order valence-corrected chi connectivity index (χ3v) is 4.51. The van der Waals surface area contributed by atoms with Crippen molar-refractivity contribution in [1.82, 2.24) is 0 Å². The number of halogens is 1. The molecule has 1 aliphatic rings. The van der Waals surface area contributed by atoms with Crippen LogP contribution >= 0.6 is 24.2 Å². The molecule has 0 bridgehead atoms. The van der Waals surface area contributed by atoms with Gasteiger partial charge in [0, 0.05) is 23.7 Å². The lowest BCUT2D eigenvalue weighted by molar-refractivity contribution is 0.772. The lowest BCUT2D eigenvalue weighted by Crippen LogP contribution is -2.23. The Hall–Kier alpha value is -1.32. The van der Waals surface area contributed by atoms with Crippen molar-refractivity contribution in [3.05, 3.63) is 54.1 Å². The summed E-state index contributed by atoms with van der Waals surface area (Å²) in [5.41, 5.74) is 9.34. The molecule has 0 amide bonds. The molecule has 1 heterocycles. The van der Waals surface area contributed by atoms with Crippen LogP contribution in [0.3, 0.4) is 0 Å². The van der Waals surface area contributed by atoms with Crippen molar-refractivity contribution < 1.29 is 0 Å². The lowest BCUT2D eigenvalue weighted by atomic mass is 10.1. The number of rotatable bonds is 2. The van der Waals surface area contributed by atoms with Crippen LogP contribution in [0.15, 0.2) is 53.4 Å². The van der Waals surface area contributed by atoms with E-state index in [1.807, 2.05) is 23.9 Å². The highest BCUT2D eigenvalue weighted by Gasteiger charge is 2.15. The van der Waals surface area contributed by atoms with Crippen molar-refractivity contribution in [1.29, 1.82) is 0 Å². The second-order valence-corrected chi connectivity index (χ2v) is 5.97. The molecule has 106 valence electrons. The van der Waals surface area contributed by atoms with Gasteiger partial charge in [0.25, 0.3) is 0 Å². The molecule has 0 saturated heterocycles. The van der Waals surface area contributed by atoms with E-state index in [1.54, 1.807) is 0 Å². The molecule has 0 unspecified atom stereocenters. The smallest absolute Gasteiger partial charge is 0.0507 e. The normalized spacial score (nSPS) is 14.1. The molecular formula is C16H19ClN2S. The van der Waals surface area contributed by atoms with Gasteiger partial charge in [-0.15, -0.1) is 24.2 Å². The van der Waals surface area contributed by atoms with E-state index in [1.165, 1.54) is 28.3 Å². The van der Waals surface area contributed by atoms with Crippen molar-refractivity contribution in [2.24, 2.45) is 0 Å². The quantitative estimate of drug-likeness (QED) is 0.843. The molecule has 0 spiro atoms. The summed E-state index contributed by atoms with van der Waals surface area (Å²) in [6.45, 7) is 2.04. The number of para-hydroxylation sites is 1. The molecule has 0 radical (unpaired) electrons. The Labute approximate surface area is 130 Å². The highest BCUT2D eigenvalue weighted by Crippen LogP contribution is 2.34. The van der Waals surface area contributed by atoms with Gasteiger partial charge in [0.1, 0.15) is 0 Å². The van der Waals surface area contributed by atoms with Crippen LogP contribution < -0.4 is 10.6 Å². The molecule has 0 aliphatic carbocycles.